The molecule has 4 nitrogen and oxygen atoms in total. The monoisotopic (exact) mass is 275 g/mol. The summed E-state index contributed by atoms with van der Waals surface area (Å²) >= 11 is 0. The van der Waals surface area contributed by atoms with E-state index < -0.39 is 12.5 Å². The second kappa shape index (κ2) is 7.24. The highest BCUT2D eigenvalue weighted by atomic mass is 16.7. The minimum atomic E-state index is -0.699. The van der Waals surface area contributed by atoms with Crippen LogP contribution in [0.25, 0.3) is 0 Å². The van der Waals surface area contributed by atoms with E-state index in [0.29, 0.717) is 13.2 Å². The van der Waals surface area contributed by atoms with Crippen molar-refractivity contribution in [2.45, 2.75) is 26.4 Å². The van der Waals surface area contributed by atoms with E-state index in [9.17, 15) is 5.11 Å². The maximum atomic E-state index is 10.5. The summed E-state index contributed by atoms with van der Waals surface area (Å²) in [5.74, 6) is 0. The first-order valence-corrected chi connectivity index (χ1v) is 6.90. The van der Waals surface area contributed by atoms with Gasteiger partial charge in [-0.3, -0.25) is 4.57 Å². The molecule has 0 radical (unpaired) electrons. The number of rotatable bonds is 7. The van der Waals surface area contributed by atoms with Gasteiger partial charge in [-0.15, -0.1) is 0 Å². The van der Waals surface area contributed by atoms with E-state index in [1.165, 1.54) is 0 Å². The molecule has 1 aromatic carbocycles. The van der Waals surface area contributed by atoms with Crippen LogP contribution < -0.4 is 0 Å². The van der Waals surface area contributed by atoms with Gasteiger partial charge in [0.1, 0.15) is 6.10 Å². The summed E-state index contributed by atoms with van der Waals surface area (Å²) in [6.45, 7) is 4.93. The summed E-state index contributed by atoms with van der Waals surface area (Å²) in [5.41, 5.74) is 1.60. The summed E-state index contributed by atoms with van der Waals surface area (Å²) in [7, 11) is 0. The van der Waals surface area contributed by atoms with Gasteiger partial charge in [-0.2, -0.15) is 0 Å². The van der Waals surface area contributed by atoms with Crippen molar-refractivity contribution < 1.29 is 14.6 Å². The lowest BCUT2D eigenvalue weighted by atomic mass is 10.1. The molecule has 0 aliphatic rings. The van der Waals surface area contributed by atoms with Crippen molar-refractivity contribution in [2.24, 2.45) is 0 Å². The van der Waals surface area contributed by atoms with Gasteiger partial charge in [-0.05, 0) is 31.5 Å². The fourth-order valence-electron chi connectivity index (χ4n) is 2.13. The Labute approximate surface area is 119 Å². The molecular weight excluding hydrogens is 254 g/mol. The smallest absolute Gasteiger partial charge is 0.244 e. The molecular formula is C16H21NO3. The third kappa shape index (κ3) is 3.28. The molecule has 0 aliphatic carbocycles. The van der Waals surface area contributed by atoms with E-state index in [1.54, 1.807) is 0 Å². The molecule has 0 bridgehead atoms. The van der Waals surface area contributed by atoms with Crippen molar-refractivity contribution >= 4 is 0 Å². The number of benzene rings is 1. The molecule has 2 rings (SSSR count). The largest absolute Gasteiger partial charge is 0.382 e. The molecule has 0 saturated heterocycles. The predicted molar refractivity (Wildman–Crippen MR) is 77.2 cm³/mol. The zero-order chi connectivity index (χ0) is 14.4. The SMILES string of the molecule is CCOC(OCC)n1cccc1C(O)c1ccccc1. The highest BCUT2D eigenvalue weighted by Gasteiger charge is 2.19. The molecule has 1 aromatic heterocycles. The van der Waals surface area contributed by atoms with Crippen LogP contribution in [0.2, 0.25) is 0 Å². The molecule has 1 heterocycles. The van der Waals surface area contributed by atoms with Gasteiger partial charge in [0.15, 0.2) is 0 Å². The fourth-order valence-corrected chi connectivity index (χ4v) is 2.13. The molecule has 108 valence electrons. The Kier molecular flexibility index (Phi) is 5.35. The van der Waals surface area contributed by atoms with Crippen LogP contribution in [0.3, 0.4) is 0 Å². The molecule has 0 amide bonds. The Morgan fingerprint density at radius 1 is 1.00 bits per heavy atom. The van der Waals surface area contributed by atoms with Crippen molar-refractivity contribution in [1.29, 1.82) is 0 Å². The van der Waals surface area contributed by atoms with E-state index in [-0.39, 0.29) is 0 Å². The second-order valence-electron chi connectivity index (χ2n) is 4.37. The summed E-state index contributed by atoms with van der Waals surface area (Å²) in [4.78, 5) is 0. The minimum absolute atomic E-state index is 0.506. The first kappa shape index (κ1) is 14.8. The maximum absolute atomic E-state index is 10.5. The normalized spacial score (nSPS) is 12.8. The number of hydrogen-bond acceptors (Lipinski definition) is 3. The van der Waals surface area contributed by atoms with Gasteiger partial charge in [0.2, 0.25) is 6.41 Å². The van der Waals surface area contributed by atoms with Gasteiger partial charge >= 0.3 is 0 Å². The van der Waals surface area contributed by atoms with Crippen LogP contribution in [0.15, 0.2) is 48.7 Å². The topological polar surface area (TPSA) is 43.6 Å². The van der Waals surface area contributed by atoms with Gasteiger partial charge < -0.3 is 14.6 Å². The quantitative estimate of drug-likeness (QED) is 0.790. The average Bonchev–Trinajstić information content (AvgIpc) is 2.96. The van der Waals surface area contributed by atoms with Gasteiger partial charge in [-0.25, -0.2) is 0 Å². The van der Waals surface area contributed by atoms with E-state index in [1.807, 2.05) is 67.1 Å². The Bertz CT molecular complexity index is 503. The Morgan fingerprint density at radius 2 is 1.65 bits per heavy atom. The van der Waals surface area contributed by atoms with Crippen molar-refractivity contribution in [1.82, 2.24) is 4.57 Å². The molecule has 1 unspecified atom stereocenters. The van der Waals surface area contributed by atoms with Crippen LogP contribution in [0.1, 0.15) is 37.6 Å². The van der Waals surface area contributed by atoms with Crippen LogP contribution in [-0.2, 0) is 9.47 Å². The Hall–Kier alpha value is -1.62. The number of aromatic nitrogens is 1. The first-order chi connectivity index (χ1) is 9.77. The average molecular weight is 275 g/mol. The number of ether oxygens (including phenoxy) is 2. The molecule has 0 fully saturated rings. The van der Waals surface area contributed by atoms with Gasteiger partial charge in [0.25, 0.3) is 0 Å². The standard InChI is InChI=1S/C16H21NO3/c1-3-19-16(20-4-2)17-12-8-11-14(17)15(18)13-9-6-5-7-10-13/h5-12,15-16,18H,3-4H2,1-2H3. The van der Waals surface area contributed by atoms with Crippen LogP contribution >= 0.6 is 0 Å². The van der Waals surface area contributed by atoms with E-state index in [4.69, 9.17) is 9.47 Å². The van der Waals surface area contributed by atoms with Crippen LogP contribution in [-0.4, -0.2) is 22.9 Å². The summed E-state index contributed by atoms with van der Waals surface area (Å²) in [6, 6.07) is 13.3. The Balaban J connectivity index is 2.27. The second-order valence-corrected chi connectivity index (χ2v) is 4.37. The molecule has 0 spiro atoms. The van der Waals surface area contributed by atoms with E-state index in [2.05, 4.69) is 0 Å². The number of aliphatic hydroxyl groups is 1. The highest BCUT2D eigenvalue weighted by molar-refractivity contribution is 5.26. The molecule has 1 atom stereocenters. The zero-order valence-corrected chi connectivity index (χ0v) is 11.9. The molecule has 0 aliphatic heterocycles. The summed E-state index contributed by atoms with van der Waals surface area (Å²) in [6.07, 6.45) is 0.653. The fraction of sp³-hybridized carbons (Fsp3) is 0.375. The van der Waals surface area contributed by atoms with E-state index >= 15 is 0 Å². The molecule has 2 aromatic rings. The number of nitrogens with zero attached hydrogens (tertiary/aromatic N) is 1. The van der Waals surface area contributed by atoms with Gasteiger partial charge in [0, 0.05) is 19.4 Å². The van der Waals surface area contributed by atoms with Crippen molar-refractivity contribution in [3.8, 4) is 0 Å². The first-order valence-electron chi connectivity index (χ1n) is 6.90. The summed E-state index contributed by atoms with van der Waals surface area (Å²) < 4.78 is 13.0. The van der Waals surface area contributed by atoms with Crippen LogP contribution in [0, 0.1) is 0 Å². The highest BCUT2D eigenvalue weighted by Crippen LogP contribution is 2.25. The lowest BCUT2D eigenvalue weighted by molar-refractivity contribution is -0.188. The lowest BCUT2D eigenvalue weighted by Crippen LogP contribution is -2.19. The minimum Gasteiger partial charge on any atom is -0.382 e. The van der Waals surface area contributed by atoms with Crippen molar-refractivity contribution in [2.75, 3.05) is 13.2 Å². The third-order valence-corrected chi connectivity index (χ3v) is 3.05. The van der Waals surface area contributed by atoms with Crippen molar-refractivity contribution in [3.05, 3.63) is 59.9 Å². The number of aliphatic hydroxyl groups excluding tert-OH is 1. The molecule has 0 saturated carbocycles. The van der Waals surface area contributed by atoms with Crippen molar-refractivity contribution in [3.63, 3.8) is 0 Å². The zero-order valence-electron chi connectivity index (χ0n) is 11.9. The Morgan fingerprint density at radius 3 is 2.25 bits per heavy atom. The number of hydrogen-bond donors (Lipinski definition) is 1. The van der Waals surface area contributed by atoms with Crippen LogP contribution in [0.5, 0.6) is 0 Å². The predicted octanol–water partition coefficient (Wildman–Crippen LogP) is 3.10. The lowest BCUT2D eigenvalue weighted by Gasteiger charge is -2.23. The molecule has 1 N–H and O–H groups in total. The third-order valence-electron chi connectivity index (χ3n) is 3.05. The van der Waals surface area contributed by atoms with E-state index in [0.717, 1.165) is 11.3 Å². The van der Waals surface area contributed by atoms with Gasteiger partial charge in [-0.1, -0.05) is 30.3 Å². The van der Waals surface area contributed by atoms with Crippen LogP contribution in [0.4, 0.5) is 0 Å². The maximum Gasteiger partial charge on any atom is 0.244 e. The summed E-state index contributed by atoms with van der Waals surface area (Å²) in [5, 5.41) is 10.5. The molecule has 4 heteroatoms. The molecule has 20 heavy (non-hydrogen) atoms. The van der Waals surface area contributed by atoms with Gasteiger partial charge in [0.05, 0.1) is 5.69 Å².